The van der Waals surface area contributed by atoms with E-state index in [9.17, 15) is 0 Å². The highest BCUT2D eigenvalue weighted by atomic mass is 15.1. The molecule has 0 radical (unpaired) electrons. The third-order valence-electron chi connectivity index (χ3n) is 1.98. The summed E-state index contributed by atoms with van der Waals surface area (Å²) in [4.78, 5) is 6.33. The molecule has 0 bridgehead atoms. The number of amidine groups is 1. The van der Waals surface area contributed by atoms with Crippen molar-refractivity contribution >= 4 is 17.2 Å². The molecule has 3 nitrogen and oxygen atoms in total. The lowest BCUT2D eigenvalue weighted by Gasteiger charge is -2.12. The Morgan fingerprint density at radius 3 is 2.71 bits per heavy atom. The van der Waals surface area contributed by atoms with Gasteiger partial charge in [0.2, 0.25) is 0 Å². The molecule has 0 heterocycles. The second-order valence-corrected chi connectivity index (χ2v) is 3.37. The van der Waals surface area contributed by atoms with Crippen LogP contribution in [0.4, 0.5) is 11.4 Å². The van der Waals surface area contributed by atoms with Gasteiger partial charge in [-0.3, -0.25) is 0 Å². The third kappa shape index (κ3) is 2.76. The van der Waals surface area contributed by atoms with Crippen molar-refractivity contribution < 1.29 is 0 Å². The Kier molecular flexibility index (Phi) is 3.51. The number of hydrogen-bond donors (Lipinski definition) is 1. The predicted octanol–water partition coefficient (Wildman–Crippen LogP) is 2.15. The zero-order valence-electron chi connectivity index (χ0n) is 8.99. The van der Waals surface area contributed by atoms with Crippen molar-refractivity contribution in [2.45, 2.75) is 13.3 Å². The van der Waals surface area contributed by atoms with Crippen molar-refractivity contribution in [3.8, 4) is 0 Å². The molecule has 0 spiro atoms. The largest absolute Gasteiger partial charge is 0.387 e. The quantitative estimate of drug-likeness (QED) is 0.587. The Hall–Kier alpha value is -1.51. The SMILES string of the molecule is CCC(N)=Nc1cccc(N(C)C)c1. The van der Waals surface area contributed by atoms with E-state index in [2.05, 4.69) is 4.99 Å². The molecule has 0 atom stereocenters. The number of aliphatic imine (C=N–C) groups is 1. The standard InChI is InChI=1S/C11H17N3/c1-4-11(12)13-9-6-5-7-10(8-9)14(2)3/h5-8H,4H2,1-3H3,(H2,12,13). The van der Waals surface area contributed by atoms with Gasteiger partial charge in [0, 0.05) is 26.2 Å². The van der Waals surface area contributed by atoms with Crippen LogP contribution in [0.5, 0.6) is 0 Å². The van der Waals surface area contributed by atoms with Gasteiger partial charge in [-0.15, -0.1) is 0 Å². The normalized spacial score (nSPS) is 11.5. The molecule has 0 unspecified atom stereocenters. The maximum absolute atomic E-state index is 5.67. The van der Waals surface area contributed by atoms with Crippen LogP contribution in [0.2, 0.25) is 0 Å². The number of hydrogen-bond acceptors (Lipinski definition) is 2. The van der Waals surface area contributed by atoms with E-state index in [4.69, 9.17) is 5.73 Å². The van der Waals surface area contributed by atoms with Crippen LogP contribution >= 0.6 is 0 Å². The molecule has 0 aliphatic heterocycles. The van der Waals surface area contributed by atoms with E-state index in [0.717, 1.165) is 17.8 Å². The van der Waals surface area contributed by atoms with Crippen LogP contribution in [0.15, 0.2) is 29.3 Å². The molecule has 1 aromatic rings. The summed E-state index contributed by atoms with van der Waals surface area (Å²) >= 11 is 0. The van der Waals surface area contributed by atoms with E-state index in [-0.39, 0.29) is 0 Å². The first kappa shape index (κ1) is 10.6. The summed E-state index contributed by atoms with van der Waals surface area (Å²) in [5.74, 6) is 0.668. The third-order valence-corrected chi connectivity index (χ3v) is 1.98. The van der Waals surface area contributed by atoms with Crippen LogP contribution in [-0.2, 0) is 0 Å². The molecule has 0 aliphatic rings. The molecule has 2 N–H and O–H groups in total. The summed E-state index contributed by atoms with van der Waals surface area (Å²) in [5, 5.41) is 0. The summed E-state index contributed by atoms with van der Waals surface area (Å²) in [6.45, 7) is 1.99. The van der Waals surface area contributed by atoms with Crippen molar-refractivity contribution in [3.05, 3.63) is 24.3 Å². The predicted molar refractivity (Wildman–Crippen MR) is 62.3 cm³/mol. The average molecular weight is 191 g/mol. The molecule has 0 aromatic heterocycles. The highest BCUT2D eigenvalue weighted by Gasteiger charge is 1.96. The summed E-state index contributed by atoms with van der Waals surface area (Å²) in [7, 11) is 4.01. The number of nitrogens with two attached hydrogens (primary N) is 1. The van der Waals surface area contributed by atoms with Crippen LogP contribution in [-0.4, -0.2) is 19.9 Å². The molecule has 76 valence electrons. The monoisotopic (exact) mass is 191 g/mol. The summed E-state index contributed by atoms with van der Waals surface area (Å²) in [6, 6.07) is 8.00. The first-order valence-electron chi connectivity index (χ1n) is 4.74. The maximum atomic E-state index is 5.67. The van der Waals surface area contributed by atoms with Crippen molar-refractivity contribution in [2.75, 3.05) is 19.0 Å². The van der Waals surface area contributed by atoms with Gasteiger partial charge in [-0.05, 0) is 18.2 Å². The molecule has 3 heteroatoms. The fourth-order valence-corrected chi connectivity index (χ4v) is 1.09. The Morgan fingerprint density at radius 1 is 1.43 bits per heavy atom. The minimum absolute atomic E-state index is 0.668. The van der Waals surface area contributed by atoms with Crippen LogP contribution in [0.25, 0.3) is 0 Å². The summed E-state index contributed by atoms with van der Waals surface area (Å²) < 4.78 is 0. The van der Waals surface area contributed by atoms with Gasteiger partial charge in [-0.2, -0.15) is 0 Å². The van der Waals surface area contributed by atoms with Crippen LogP contribution in [0, 0.1) is 0 Å². The fraction of sp³-hybridized carbons (Fsp3) is 0.364. The summed E-state index contributed by atoms with van der Waals surface area (Å²) in [6.07, 6.45) is 0.784. The molecule has 0 amide bonds. The number of anilines is 1. The molecular formula is C11H17N3. The van der Waals surface area contributed by atoms with E-state index < -0.39 is 0 Å². The lowest BCUT2D eigenvalue weighted by atomic mass is 10.2. The maximum Gasteiger partial charge on any atom is 0.0993 e. The van der Waals surface area contributed by atoms with Crippen molar-refractivity contribution in [3.63, 3.8) is 0 Å². The Labute approximate surface area is 85.3 Å². The smallest absolute Gasteiger partial charge is 0.0993 e. The Bertz CT molecular complexity index is 329. The van der Waals surface area contributed by atoms with E-state index in [1.165, 1.54) is 0 Å². The Balaban J connectivity index is 2.94. The highest BCUT2D eigenvalue weighted by molar-refractivity contribution is 5.83. The van der Waals surface area contributed by atoms with E-state index in [0.29, 0.717) is 5.84 Å². The number of nitrogens with zero attached hydrogens (tertiary/aromatic N) is 2. The van der Waals surface area contributed by atoms with Gasteiger partial charge in [-0.25, -0.2) is 4.99 Å². The molecule has 0 fully saturated rings. The zero-order chi connectivity index (χ0) is 10.6. The zero-order valence-corrected chi connectivity index (χ0v) is 8.99. The van der Waals surface area contributed by atoms with Gasteiger partial charge in [-0.1, -0.05) is 13.0 Å². The van der Waals surface area contributed by atoms with Crippen LogP contribution in [0.3, 0.4) is 0 Å². The lowest BCUT2D eigenvalue weighted by molar-refractivity contribution is 1.13. The average Bonchev–Trinajstić information content (AvgIpc) is 2.18. The number of rotatable bonds is 3. The van der Waals surface area contributed by atoms with Crippen molar-refractivity contribution in [2.24, 2.45) is 10.7 Å². The van der Waals surface area contributed by atoms with E-state index in [1.54, 1.807) is 0 Å². The minimum Gasteiger partial charge on any atom is -0.387 e. The van der Waals surface area contributed by atoms with Crippen LogP contribution in [0.1, 0.15) is 13.3 Å². The van der Waals surface area contributed by atoms with E-state index >= 15 is 0 Å². The van der Waals surface area contributed by atoms with Gasteiger partial charge in [0.1, 0.15) is 0 Å². The lowest BCUT2D eigenvalue weighted by Crippen LogP contribution is -2.09. The molecule has 0 saturated carbocycles. The fourth-order valence-electron chi connectivity index (χ4n) is 1.09. The second kappa shape index (κ2) is 4.65. The first-order chi connectivity index (χ1) is 6.63. The van der Waals surface area contributed by atoms with E-state index in [1.807, 2.05) is 50.2 Å². The van der Waals surface area contributed by atoms with Gasteiger partial charge >= 0.3 is 0 Å². The highest BCUT2D eigenvalue weighted by Crippen LogP contribution is 2.19. The number of benzene rings is 1. The first-order valence-corrected chi connectivity index (χ1v) is 4.74. The Morgan fingerprint density at radius 2 is 2.14 bits per heavy atom. The molecule has 0 saturated heterocycles. The molecule has 1 rings (SSSR count). The topological polar surface area (TPSA) is 41.6 Å². The van der Waals surface area contributed by atoms with Crippen LogP contribution < -0.4 is 10.6 Å². The molecular weight excluding hydrogens is 174 g/mol. The second-order valence-electron chi connectivity index (χ2n) is 3.37. The summed E-state index contributed by atoms with van der Waals surface area (Å²) in [5.41, 5.74) is 7.71. The molecule has 0 aliphatic carbocycles. The van der Waals surface area contributed by atoms with Gasteiger partial charge < -0.3 is 10.6 Å². The van der Waals surface area contributed by atoms with Gasteiger partial charge in [0.25, 0.3) is 0 Å². The van der Waals surface area contributed by atoms with Gasteiger partial charge in [0.05, 0.1) is 11.5 Å². The van der Waals surface area contributed by atoms with Gasteiger partial charge in [0.15, 0.2) is 0 Å². The molecule has 1 aromatic carbocycles. The molecule has 14 heavy (non-hydrogen) atoms. The van der Waals surface area contributed by atoms with Crippen molar-refractivity contribution in [1.82, 2.24) is 0 Å². The minimum atomic E-state index is 0.668. The van der Waals surface area contributed by atoms with Crippen molar-refractivity contribution in [1.29, 1.82) is 0 Å².